The number of aromatic hydroxyl groups is 1. The highest BCUT2D eigenvalue weighted by Gasteiger charge is 2.06. The SMILES string of the molecule is Oc1c(Cl)cc(Cl)cc1C=NNc1cccc2cccnc12. The first-order chi connectivity index (χ1) is 10.6. The average molecular weight is 332 g/mol. The predicted molar refractivity (Wildman–Crippen MR) is 91.1 cm³/mol. The van der Waals surface area contributed by atoms with Crippen molar-refractivity contribution in [3.05, 3.63) is 64.3 Å². The molecule has 1 aromatic heterocycles. The first-order valence-corrected chi connectivity index (χ1v) is 7.21. The molecule has 0 spiro atoms. The first kappa shape index (κ1) is 14.6. The van der Waals surface area contributed by atoms with E-state index in [1.165, 1.54) is 12.3 Å². The topological polar surface area (TPSA) is 57.5 Å². The molecule has 0 atom stereocenters. The third kappa shape index (κ3) is 2.98. The van der Waals surface area contributed by atoms with Gasteiger partial charge >= 0.3 is 0 Å². The van der Waals surface area contributed by atoms with Crippen molar-refractivity contribution in [1.82, 2.24) is 4.98 Å². The van der Waals surface area contributed by atoms with Gasteiger partial charge in [0.2, 0.25) is 0 Å². The molecule has 0 amide bonds. The molecular weight excluding hydrogens is 321 g/mol. The van der Waals surface area contributed by atoms with Crippen LogP contribution in [0.4, 0.5) is 5.69 Å². The molecule has 0 bridgehead atoms. The van der Waals surface area contributed by atoms with Gasteiger partial charge in [-0.15, -0.1) is 0 Å². The number of fused-ring (bicyclic) bond motifs is 1. The van der Waals surface area contributed by atoms with Gasteiger partial charge in [0.25, 0.3) is 0 Å². The Kier molecular flexibility index (Phi) is 4.13. The van der Waals surface area contributed by atoms with Crippen molar-refractivity contribution < 1.29 is 5.11 Å². The summed E-state index contributed by atoms with van der Waals surface area (Å²) in [6.07, 6.45) is 3.18. The number of rotatable bonds is 3. The van der Waals surface area contributed by atoms with Crippen molar-refractivity contribution in [3.63, 3.8) is 0 Å². The fraction of sp³-hybridized carbons (Fsp3) is 0. The minimum atomic E-state index is -0.0624. The van der Waals surface area contributed by atoms with Gasteiger partial charge in [-0.05, 0) is 24.3 Å². The van der Waals surface area contributed by atoms with Crippen molar-refractivity contribution in [2.75, 3.05) is 5.43 Å². The van der Waals surface area contributed by atoms with Crippen LogP contribution in [0, 0.1) is 0 Å². The fourth-order valence-corrected chi connectivity index (χ4v) is 2.56. The fourth-order valence-electron chi connectivity index (χ4n) is 2.05. The van der Waals surface area contributed by atoms with Crippen LogP contribution in [-0.4, -0.2) is 16.3 Å². The Bertz CT molecular complexity index is 860. The Morgan fingerprint density at radius 3 is 2.82 bits per heavy atom. The molecular formula is C16H11Cl2N3O. The standard InChI is InChI=1S/C16H11Cl2N3O/c17-12-7-11(16(22)13(18)8-12)9-20-21-14-5-1-3-10-4-2-6-19-15(10)14/h1-9,21-22H. The molecule has 0 aliphatic carbocycles. The zero-order valence-electron chi connectivity index (χ0n) is 11.3. The maximum atomic E-state index is 9.87. The second-order valence-corrected chi connectivity index (χ2v) is 5.42. The molecule has 2 N–H and O–H groups in total. The van der Waals surface area contributed by atoms with E-state index in [9.17, 15) is 5.11 Å². The van der Waals surface area contributed by atoms with Gasteiger partial charge in [-0.3, -0.25) is 10.4 Å². The summed E-state index contributed by atoms with van der Waals surface area (Å²) < 4.78 is 0. The summed E-state index contributed by atoms with van der Waals surface area (Å²) >= 11 is 11.8. The van der Waals surface area contributed by atoms with Crippen LogP contribution in [0.25, 0.3) is 10.9 Å². The third-order valence-corrected chi connectivity index (χ3v) is 3.59. The molecule has 0 aliphatic heterocycles. The molecule has 0 saturated carbocycles. The van der Waals surface area contributed by atoms with Crippen LogP contribution in [0.3, 0.4) is 0 Å². The molecule has 0 unspecified atom stereocenters. The number of anilines is 1. The number of para-hydroxylation sites is 1. The van der Waals surface area contributed by atoms with E-state index >= 15 is 0 Å². The monoisotopic (exact) mass is 331 g/mol. The van der Waals surface area contributed by atoms with Crippen LogP contribution in [0.2, 0.25) is 10.0 Å². The molecule has 0 saturated heterocycles. The lowest BCUT2D eigenvalue weighted by molar-refractivity contribution is 0.475. The summed E-state index contributed by atoms with van der Waals surface area (Å²) in [6.45, 7) is 0. The van der Waals surface area contributed by atoms with Gasteiger partial charge in [0.05, 0.1) is 22.4 Å². The van der Waals surface area contributed by atoms with Gasteiger partial charge in [-0.1, -0.05) is 41.4 Å². The number of benzene rings is 2. The van der Waals surface area contributed by atoms with Gasteiger partial charge in [-0.2, -0.15) is 5.10 Å². The highest BCUT2D eigenvalue weighted by atomic mass is 35.5. The summed E-state index contributed by atoms with van der Waals surface area (Å²) in [4.78, 5) is 4.32. The predicted octanol–water partition coefficient (Wildman–Crippen LogP) is 4.69. The maximum Gasteiger partial charge on any atom is 0.143 e. The van der Waals surface area contributed by atoms with E-state index in [0.29, 0.717) is 10.6 Å². The van der Waals surface area contributed by atoms with E-state index in [2.05, 4.69) is 15.5 Å². The molecule has 4 nitrogen and oxygen atoms in total. The molecule has 3 rings (SSSR count). The van der Waals surface area contributed by atoms with Crippen LogP contribution in [0.1, 0.15) is 5.56 Å². The van der Waals surface area contributed by atoms with Crippen LogP contribution in [0.15, 0.2) is 53.8 Å². The molecule has 0 radical (unpaired) electrons. The zero-order chi connectivity index (χ0) is 15.5. The van der Waals surface area contributed by atoms with Crippen LogP contribution >= 0.6 is 23.2 Å². The Balaban J connectivity index is 1.88. The van der Waals surface area contributed by atoms with Gasteiger partial charge in [0.15, 0.2) is 0 Å². The summed E-state index contributed by atoms with van der Waals surface area (Å²) in [6, 6.07) is 12.7. The Hall–Kier alpha value is -2.30. The number of halogens is 2. The van der Waals surface area contributed by atoms with E-state index in [1.54, 1.807) is 12.3 Å². The van der Waals surface area contributed by atoms with Crippen molar-refractivity contribution in [1.29, 1.82) is 0 Å². The molecule has 0 aliphatic rings. The summed E-state index contributed by atoms with van der Waals surface area (Å²) in [5.41, 5.74) is 4.92. The molecule has 22 heavy (non-hydrogen) atoms. The van der Waals surface area contributed by atoms with Gasteiger partial charge in [0, 0.05) is 22.2 Å². The second-order valence-electron chi connectivity index (χ2n) is 4.58. The first-order valence-electron chi connectivity index (χ1n) is 6.46. The summed E-state index contributed by atoms with van der Waals surface area (Å²) in [5, 5.41) is 15.6. The number of hydrogen-bond acceptors (Lipinski definition) is 4. The smallest absolute Gasteiger partial charge is 0.143 e. The molecule has 110 valence electrons. The van der Waals surface area contributed by atoms with E-state index in [-0.39, 0.29) is 10.8 Å². The number of nitrogens with one attached hydrogen (secondary N) is 1. The third-order valence-electron chi connectivity index (χ3n) is 3.08. The van der Waals surface area contributed by atoms with E-state index < -0.39 is 0 Å². The Morgan fingerprint density at radius 2 is 1.95 bits per heavy atom. The number of aromatic nitrogens is 1. The second kappa shape index (κ2) is 6.22. The lowest BCUT2D eigenvalue weighted by Crippen LogP contribution is -1.93. The summed E-state index contributed by atoms with van der Waals surface area (Å²) in [7, 11) is 0. The van der Waals surface area contributed by atoms with Crippen LogP contribution in [0.5, 0.6) is 5.75 Å². The highest BCUT2D eigenvalue weighted by Crippen LogP contribution is 2.30. The van der Waals surface area contributed by atoms with E-state index in [1.807, 2.05) is 30.3 Å². The Morgan fingerprint density at radius 1 is 1.14 bits per heavy atom. The Labute approximate surface area is 137 Å². The number of phenols is 1. The number of phenolic OH excluding ortho intramolecular Hbond substituents is 1. The highest BCUT2D eigenvalue weighted by molar-refractivity contribution is 6.36. The van der Waals surface area contributed by atoms with E-state index in [0.717, 1.165) is 16.6 Å². The minimum Gasteiger partial charge on any atom is -0.506 e. The molecule has 6 heteroatoms. The van der Waals surface area contributed by atoms with Gasteiger partial charge in [0.1, 0.15) is 5.75 Å². The lowest BCUT2D eigenvalue weighted by Gasteiger charge is -2.05. The van der Waals surface area contributed by atoms with Crippen molar-refractivity contribution in [2.24, 2.45) is 5.10 Å². The molecule has 3 aromatic rings. The van der Waals surface area contributed by atoms with Gasteiger partial charge in [-0.25, -0.2) is 0 Å². The number of nitrogens with zero attached hydrogens (tertiary/aromatic N) is 2. The van der Waals surface area contributed by atoms with Crippen LogP contribution < -0.4 is 5.43 Å². The molecule has 1 heterocycles. The van der Waals surface area contributed by atoms with Crippen LogP contribution in [-0.2, 0) is 0 Å². The van der Waals surface area contributed by atoms with Crippen molar-refractivity contribution in [3.8, 4) is 5.75 Å². The van der Waals surface area contributed by atoms with Crippen molar-refractivity contribution >= 4 is 46.0 Å². The molecule has 2 aromatic carbocycles. The normalized spacial score (nSPS) is 11.2. The zero-order valence-corrected chi connectivity index (χ0v) is 12.8. The minimum absolute atomic E-state index is 0.0624. The largest absolute Gasteiger partial charge is 0.506 e. The van der Waals surface area contributed by atoms with Crippen molar-refractivity contribution in [2.45, 2.75) is 0 Å². The van der Waals surface area contributed by atoms with Gasteiger partial charge < -0.3 is 5.11 Å². The van der Waals surface area contributed by atoms with E-state index in [4.69, 9.17) is 23.2 Å². The average Bonchev–Trinajstić information content (AvgIpc) is 2.52. The maximum absolute atomic E-state index is 9.87. The summed E-state index contributed by atoms with van der Waals surface area (Å²) in [5.74, 6) is -0.0624. The lowest BCUT2D eigenvalue weighted by atomic mass is 10.2. The number of hydrogen-bond donors (Lipinski definition) is 2. The number of pyridine rings is 1. The number of hydrazone groups is 1. The molecule has 0 fully saturated rings. The quantitative estimate of drug-likeness (QED) is 0.540.